The Hall–Kier alpha value is -3.48. The predicted octanol–water partition coefficient (Wildman–Crippen LogP) is 3.01. The highest BCUT2D eigenvalue weighted by Crippen LogP contribution is 2.27. The molecule has 1 aliphatic rings. The van der Waals surface area contributed by atoms with Crippen molar-refractivity contribution in [3.63, 3.8) is 0 Å². The predicted molar refractivity (Wildman–Crippen MR) is 124 cm³/mol. The van der Waals surface area contributed by atoms with Gasteiger partial charge >= 0.3 is 5.69 Å². The largest absolute Gasteiger partial charge is 0.352 e. The molecule has 166 valence electrons. The summed E-state index contributed by atoms with van der Waals surface area (Å²) in [5, 5.41) is 6.99. The van der Waals surface area contributed by atoms with Crippen LogP contribution in [0.4, 0.5) is 0 Å². The topological polar surface area (TPSA) is 86.0 Å². The first-order valence-electron chi connectivity index (χ1n) is 11.0. The maximum absolute atomic E-state index is 13.3. The third-order valence-corrected chi connectivity index (χ3v) is 5.75. The molecule has 1 amide bonds. The van der Waals surface area contributed by atoms with Crippen molar-refractivity contribution in [1.82, 2.24) is 19.7 Å². The second kappa shape index (κ2) is 8.94. The van der Waals surface area contributed by atoms with Gasteiger partial charge < -0.3 is 5.32 Å². The van der Waals surface area contributed by atoms with Crippen LogP contribution < -0.4 is 16.6 Å². The summed E-state index contributed by atoms with van der Waals surface area (Å²) >= 11 is 0. The zero-order valence-corrected chi connectivity index (χ0v) is 18.7. The van der Waals surface area contributed by atoms with Crippen molar-refractivity contribution in [2.45, 2.75) is 46.1 Å². The molecule has 4 rings (SSSR count). The number of amides is 1. The van der Waals surface area contributed by atoms with Crippen LogP contribution in [-0.4, -0.2) is 26.8 Å². The zero-order valence-electron chi connectivity index (χ0n) is 18.7. The van der Waals surface area contributed by atoms with E-state index in [1.807, 2.05) is 43.3 Å². The molecule has 7 heteroatoms. The maximum Gasteiger partial charge on any atom is 0.352 e. The van der Waals surface area contributed by atoms with Gasteiger partial charge in [0.05, 0.1) is 12.2 Å². The highest BCUT2D eigenvalue weighted by molar-refractivity contribution is 5.91. The molecule has 1 aliphatic carbocycles. The van der Waals surface area contributed by atoms with Gasteiger partial charge in [-0.3, -0.25) is 14.2 Å². The minimum absolute atomic E-state index is 0.0643. The molecular weight excluding hydrogens is 404 g/mol. The fourth-order valence-electron chi connectivity index (χ4n) is 3.60. The molecule has 2 aromatic carbocycles. The van der Waals surface area contributed by atoms with Gasteiger partial charge in [0.2, 0.25) is 5.69 Å². The smallest absolute Gasteiger partial charge is 0.350 e. The molecular formula is C25H28N4O3. The average molecular weight is 433 g/mol. The number of rotatable bonds is 7. The molecule has 3 aromatic rings. The number of hydrogen-bond acceptors (Lipinski definition) is 4. The van der Waals surface area contributed by atoms with Crippen molar-refractivity contribution >= 4 is 5.91 Å². The molecule has 0 unspecified atom stereocenters. The summed E-state index contributed by atoms with van der Waals surface area (Å²) in [7, 11) is 0. The lowest BCUT2D eigenvalue weighted by atomic mass is 10.0. The van der Waals surface area contributed by atoms with Crippen LogP contribution in [-0.2, 0) is 6.54 Å². The Morgan fingerprint density at radius 1 is 1.12 bits per heavy atom. The van der Waals surface area contributed by atoms with Crippen molar-refractivity contribution in [1.29, 1.82) is 0 Å². The molecule has 0 saturated heterocycles. The second-order valence-corrected chi connectivity index (χ2v) is 8.82. The normalized spacial score (nSPS) is 13.4. The number of nitrogens with one attached hydrogen (secondary N) is 1. The molecule has 1 aromatic heterocycles. The number of carbonyl (C=O) groups is 1. The van der Waals surface area contributed by atoms with E-state index in [0.717, 1.165) is 38.8 Å². The van der Waals surface area contributed by atoms with Gasteiger partial charge in [0.15, 0.2) is 0 Å². The van der Waals surface area contributed by atoms with Crippen LogP contribution in [0.5, 0.6) is 0 Å². The van der Waals surface area contributed by atoms with Crippen molar-refractivity contribution in [3.8, 4) is 5.69 Å². The molecule has 0 atom stereocenters. The maximum atomic E-state index is 13.3. The van der Waals surface area contributed by atoms with E-state index in [2.05, 4.69) is 24.3 Å². The second-order valence-electron chi connectivity index (χ2n) is 8.82. The lowest BCUT2D eigenvalue weighted by Gasteiger charge is -2.13. The number of aromatic nitrogens is 3. The summed E-state index contributed by atoms with van der Waals surface area (Å²) in [4.78, 5) is 39.2. The molecule has 0 spiro atoms. The van der Waals surface area contributed by atoms with E-state index < -0.39 is 17.2 Å². The monoisotopic (exact) mass is 432 g/mol. The first-order valence-corrected chi connectivity index (χ1v) is 11.0. The molecule has 1 saturated carbocycles. The molecule has 1 N–H and O–H groups in total. The van der Waals surface area contributed by atoms with Gasteiger partial charge in [-0.25, -0.2) is 4.79 Å². The van der Waals surface area contributed by atoms with E-state index in [0.29, 0.717) is 24.1 Å². The summed E-state index contributed by atoms with van der Waals surface area (Å²) in [6, 6.07) is 15.0. The van der Waals surface area contributed by atoms with Crippen LogP contribution in [0.3, 0.4) is 0 Å². The van der Waals surface area contributed by atoms with E-state index in [1.54, 1.807) is 12.1 Å². The number of hydrogen-bond donors (Lipinski definition) is 1. The zero-order chi connectivity index (χ0) is 22.8. The Balaban J connectivity index is 1.80. The molecule has 32 heavy (non-hydrogen) atoms. The number of nitrogens with zero attached hydrogens (tertiary/aromatic N) is 3. The van der Waals surface area contributed by atoms with Gasteiger partial charge in [-0.05, 0) is 54.9 Å². The van der Waals surface area contributed by atoms with Crippen LogP contribution in [0.1, 0.15) is 59.8 Å². The highest BCUT2D eigenvalue weighted by Gasteiger charge is 2.25. The summed E-state index contributed by atoms with van der Waals surface area (Å²) in [5.74, 6) is 0.253. The van der Waals surface area contributed by atoms with E-state index >= 15 is 0 Å². The van der Waals surface area contributed by atoms with E-state index in [-0.39, 0.29) is 12.2 Å². The fraction of sp³-hybridized carbons (Fsp3) is 0.360. The summed E-state index contributed by atoms with van der Waals surface area (Å²) < 4.78 is 2.23. The lowest BCUT2D eigenvalue weighted by molar-refractivity contribution is 0.0942. The molecule has 1 fully saturated rings. The van der Waals surface area contributed by atoms with Crippen molar-refractivity contribution in [2.24, 2.45) is 5.92 Å². The molecule has 1 heterocycles. The van der Waals surface area contributed by atoms with Crippen LogP contribution in [0.15, 0.2) is 58.1 Å². The van der Waals surface area contributed by atoms with Crippen LogP contribution in [0, 0.1) is 12.8 Å². The van der Waals surface area contributed by atoms with E-state index in [4.69, 9.17) is 0 Å². The molecule has 0 bridgehead atoms. The summed E-state index contributed by atoms with van der Waals surface area (Å²) in [6.07, 6.45) is 2.15. The fourth-order valence-corrected chi connectivity index (χ4v) is 3.60. The highest BCUT2D eigenvalue weighted by atomic mass is 16.2. The van der Waals surface area contributed by atoms with Crippen LogP contribution in [0.25, 0.3) is 5.69 Å². The lowest BCUT2D eigenvalue weighted by Crippen LogP contribution is -2.46. The SMILES string of the molecule is Cc1cccc(Cn2c(=O)c(C(=O)NCC3CC3)nn(-c3ccc(C(C)C)cc3)c2=O)c1. The number of carbonyl (C=O) groups excluding carboxylic acids is 1. The van der Waals surface area contributed by atoms with Gasteiger partial charge in [-0.15, -0.1) is 0 Å². The Morgan fingerprint density at radius 3 is 2.47 bits per heavy atom. The Kier molecular flexibility index (Phi) is 6.08. The molecule has 7 nitrogen and oxygen atoms in total. The van der Waals surface area contributed by atoms with Crippen molar-refractivity contribution in [2.75, 3.05) is 6.54 Å². The van der Waals surface area contributed by atoms with Gasteiger partial charge in [0, 0.05) is 6.54 Å². The third kappa shape index (κ3) is 4.72. The minimum atomic E-state index is -0.681. The average Bonchev–Trinajstić information content (AvgIpc) is 3.60. The Morgan fingerprint density at radius 2 is 1.84 bits per heavy atom. The standard InChI is InChI=1S/C25H28N4O3/c1-16(2)20-9-11-21(12-10-20)29-25(32)28(15-19-6-4-5-17(3)13-19)24(31)22(27-29)23(30)26-14-18-7-8-18/h4-6,9-13,16,18H,7-8,14-15H2,1-3H3,(H,26,30). The van der Waals surface area contributed by atoms with Crippen LogP contribution in [0.2, 0.25) is 0 Å². The van der Waals surface area contributed by atoms with Crippen molar-refractivity contribution in [3.05, 3.63) is 91.8 Å². The van der Waals surface area contributed by atoms with Gasteiger partial charge in [0.25, 0.3) is 11.5 Å². The summed E-state index contributed by atoms with van der Waals surface area (Å²) in [6.45, 7) is 6.70. The van der Waals surface area contributed by atoms with Gasteiger partial charge in [-0.2, -0.15) is 9.78 Å². The molecule has 0 aliphatic heterocycles. The van der Waals surface area contributed by atoms with Gasteiger partial charge in [-0.1, -0.05) is 55.8 Å². The Labute approximate surface area is 186 Å². The third-order valence-electron chi connectivity index (χ3n) is 5.75. The number of benzene rings is 2. The van der Waals surface area contributed by atoms with E-state index in [9.17, 15) is 14.4 Å². The number of aryl methyl sites for hydroxylation is 1. The van der Waals surface area contributed by atoms with Crippen molar-refractivity contribution < 1.29 is 4.79 Å². The summed E-state index contributed by atoms with van der Waals surface area (Å²) in [5.41, 5.74) is 1.93. The quantitative estimate of drug-likeness (QED) is 0.622. The van der Waals surface area contributed by atoms with Gasteiger partial charge in [0.1, 0.15) is 0 Å². The first kappa shape index (κ1) is 21.7. The van der Waals surface area contributed by atoms with E-state index in [1.165, 1.54) is 0 Å². The first-order chi connectivity index (χ1) is 15.3. The molecule has 0 radical (unpaired) electrons. The Bertz CT molecular complexity index is 1250. The van der Waals surface area contributed by atoms with Crippen LogP contribution >= 0.6 is 0 Å². The minimum Gasteiger partial charge on any atom is -0.350 e.